The van der Waals surface area contributed by atoms with Crippen LogP contribution in [0.25, 0.3) is 0 Å². The lowest BCUT2D eigenvalue weighted by Gasteiger charge is -2.32. The summed E-state index contributed by atoms with van der Waals surface area (Å²) < 4.78 is 10.3. The van der Waals surface area contributed by atoms with Crippen LogP contribution in [-0.4, -0.2) is 62.2 Å². The topological polar surface area (TPSA) is 88.2 Å². The first-order valence-corrected chi connectivity index (χ1v) is 9.49. The quantitative estimate of drug-likeness (QED) is 0.802. The van der Waals surface area contributed by atoms with Crippen molar-refractivity contribution in [2.45, 2.75) is 39.7 Å². The van der Waals surface area contributed by atoms with Gasteiger partial charge in [-0.1, -0.05) is 6.07 Å². The lowest BCUT2D eigenvalue weighted by atomic mass is 10.1. The third-order valence-electron chi connectivity index (χ3n) is 4.69. The summed E-state index contributed by atoms with van der Waals surface area (Å²) in [5.74, 6) is 0.0564. The van der Waals surface area contributed by atoms with Crippen molar-refractivity contribution in [1.29, 1.82) is 0 Å². The number of amides is 3. The summed E-state index contributed by atoms with van der Waals surface area (Å²) in [6.45, 7) is 6.43. The molecule has 1 heterocycles. The fourth-order valence-corrected chi connectivity index (χ4v) is 3.22. The minimum atomic E-state index is -0.318. The molecule has 1 aliphatic rings. The van der Waals surface area contributed by atoms with E-state index in [1.807, 2.05) is 19.1 Å². The van der Waals surface area contributed by atoms with E-state index in [0.29, 0.717) is 44.0 Å². The number of anilines is 1. The Morgan fingerprint density at radius 3 is 2.50 bits per heavy atom. The van der Waals surface area contributed by atoms with Crippen molar-refractivity contribution in [3.8, 4) is 5.75 Å². The van der Waals surface area contributed by atoms with E-state index >= 15 is 0 Å². The average Bonchev–Trinajstić information content (AvgIpc) is 2.66. The van der Waals surface area contributed by atoms with Gasteiger partial charge in [-0.3, -0.25) is 14.5 Å². The number of methoxy groups -OCH3 is 1. The van der Waals surface area contributed by atoms with Gasteiger partial charge in [0.25, 0.3) is 0 Å². The predicted molar refractivity (Wildman–Crippen MR) is 106 cm³/mol. The van der Waals surface area contributed by atoms with E-state index in [9.17, 15) is 14.4 Å². The van der Waals surface area contributed by atoms with Gasteiger partial charge >= 0.3 is 6.09 Å². The highest BCUT2D eigenvalue weighted by Gasteiger charge is 2.26. The molecule has 8 nitrogen and oxygen atoms in total. The fourth-order valence-electron chi connectivity index (χ4n) is 3.22. The number of carbonyl (C=O) groups is 3. The van der Waals surface area contributed by atoms with Gasteiger partial charge < -0.3 is 19.7 Å². The minimum absolute atomic E-state index is 0.0358. The number of nitrogens with one attached hydrogen (secondary N) is 1. The van der Waals surface area contributed by atoms with Crippen molar-refractivity contribution in [3.05, 3.63) is 23.8 Å². The standard InChI is InChI=1S/C20H29N3O5/c1-5-28-20(26)22-10-8-16(9-11-22)21-19(25)13-23(15(3)24)17-12-14(2)6-7-18(17)27-4/h6-7,12,16H,5,8-11,13H2,1-4H3,(H,21,25). The van der Waals surface area contributed by atoms with Crippen LogP contribution >= 0.6 is 0 Å². The SMILES string of the molecule is CCOC(=O)N1CCC(NC(=O)CN(C(C)=O)c2cc(C)ccc2OC)CC1. The van der Waals surface area contributed by atoms with E-state index in [1.54, 1.807) is 17.9 Å². The van der Waals surface area contributed by atoms with Gasteiger partial charge in [-0.2, -0.15) is 0 Å². The third kappa shape index (κ3) is 5.61. The van der Waals surface area contributed by atoms with Gasteiger partial charge in [0.05, 0.1) is 19.4 Å². The van der Waals surface area contributed by atoms with Crippen molar-refractivity contribution in [3.63, 3.8) is 0 Å². The number of likely N-dealkylation sites (tertiary alicyclic amines) is 1. The van der Waals surface area contributed by atoms with E-state index in [1.165, 1.54) is 18.9 Å². The Hall–Kier alpha value is -2.77. The second kappa shape index (κ2) is 9.96. The van der Waals surface area contributed by atoms with Crippen LogP contribution < -0.4 is 15.0 Å². The molecule has 1 fully saturated rings. The molecule has 2 rings (SSSR count). The van der Waals surface area contributed by atoms with Crippen molar-refractivity contribution in [1.82, 2.24) is 10.2 Å². The number of benzene rings is 1. The van der Waals surface area contributed by atoms with Gasteiger partial charge in [0.1, 0.15) is 12.3 Å². The van der Waals surface area contributed by atoms with Crippen molar-refractivity contribution >= 4 is 23.6 Å². The summed E-state index contributed by atoms with van der Waals surface area (Å²) in [7, 11) is 1.53. The molecular weight excluding hydrogens is 362 g/mol. The molecule has 154 valence electrons. The predicted octanol–water partition coefficient (Wildman–Crippen LogP) is 2.09. The number of ether oxygens (including phenoxy) is 2. The van der Waals surface area contributed by atoms with Gasteiger partial charge in [0, 0.05) is 26.1 Å². The van der Waals surface area contributed by atoms with Crippen LogP contribution in [-0.2, 0) is 14.3 Å². The van der Waals surface area contributed by atoms with Crippen LogP contribution in [0, 0.1) is 6.92 Å². The molecule has 8 heteroatoms. The Morgan fingerprint density at radius 1 is 1.25 bits per heavy atom. The Kier molecular flexibility index (Phi) is 7.66. The number of rotatable bonds is 6. The zero-order valence-corrected chi connectivity index (χ0v) is 17.0. The van der Waals surface area contributed by atoms with Crippen LogP contribution in [0.15, 0.2) is 18.2 Å². The molecule has 0 atom stereocenters. The lowest BCUT2D eigenvalue weighted by molar-refractivity contribution is -0.123. The zero-order valence-electron chi connectivity index (χ0n) is 17.0. The minimum Gasteiger partial charge on any atom is -0.495 e. The fraction of sp³-hybridized carbons (Fsp3) is 0.550. The molecular formula is C20H29N3O5. The van der Waals surface area contributed by atoms with E-state index < -0.39 is 0 Å². The molecule has 1 aromatic carbocycles. The third-order valence-corrected chi connectivity index (χ3v) is 4.69. The Bertz CT molecular complexity index is 714. The molecule has 0 saturated carbocycles. The Labute approximate surface area is 165 Å². The lowest BCUT2D eigenvalue weighted by Crippen LogP contribution is -2.49. The Morgan fingerprint density at radius 2 is 1.93 bits per heavy atom. The molecule has 0 bridgehead atoms. The van der Waals surface area contributed by atoms with Crippen molar-refractivity contribution in [2.75, 3.05) is 38.3 Å². The summed E-state index contributed by atoms with van der Waals surface area (Å²) in [6.07, 6.45) is 0.984. The van der Waals surface area contributed by atoms with Crippen molar-refractivity contribution in [2.24, 2.45) is 0 Å². The van der Waals surface area contributed by atoms with E-state index in [2.05, 4.69) is 5.32 Å². The summed E-state index contributed by atoms with van der Waals surface area (Å²) in [5.41, 5.74) is 1.54. The van der Waals surface area contributed by atoms with E-state index in [4.69, 9.17) is 9.47 Å². The Balaban J connectivity index is 1.96. The number of carbonyl (C=O) groups excluding carboxylic acids is 3. The number of nitrogens with zero attached hydrogens (tertiary/aromatic N) is 2. The molecule has 0 spiro atoms. The highest BCUT2D eigenvalue weighted by molar-refractivity contribution is 5.98. The molecule has 28 heavy (non-hydrogen) atoms. The van der Waals surface area contributed by atoms with E-state index in [-0.39, 0.29) is 30.5 Å². The first-order valence-electron chi connectivity index (χ1n) is 9.49. The summed E-state index contributed by atoms with van der Waals surface area (Å²) in [5, 5.41) is 2.97. The van der Waals surface area contributed by atoms with Crippen LogP contribution in [0.4, 0.5) is 10.5 Å². The van der Waals surface area contributed by atoms with Crippen LogP contribution in [0.3, 0.4) is 0 Å². The van der Waals surface area contributed by atoms with Gasteiger partial charge in [-0.05, 0) is 44.4 Å². The smallest absolute Gasteiger partial charge is 0.409 e. The number of hydrogen-bond acceptors (Lipinski definition) is 5. The normalized spacial score (nSPS) is 14.4. The summed E-state index contributed by atoms with van der Waals surface area (Å²) >= 11 is 0. The van der Waals surface area contributed by atoms with Gasteiger partial charge in [-0.25, -0.2) is 4.79 Å². The largest absolute Gasteiger partial charge is 0.495 e. The average molecular weight is 391 g/mol. The molecule has 0 aromatic heterocycles. The van der Waals surface area contributed by atoms with Gasteiger partial charge in [0.15, 0.2) is 0 Å². The molecule has 0 aliphatic carbocycles. The number of aryl methyl sites for hydroxylation is 1. The maximum Gasteiger partial charge on any atom is 0.409 e. The second-order valence-corrected chi connectivity index (χ2v) is 6.81. The molecule has 1 aromatic rings. The molecule has 1 N–H and O–H groups in total. The maximum atomic E-state index is 12.6. The molecule has 0 radical (unpaired) electrons. The first kappa shape index (κ1) is 21.5. The molecule has 0 unspecified atom stereocenters. The number of piperidine rings is 1. The van der Waals surface area contributed by atoms with Crippen LogP contribution in [0.5, 0.6) is 5.75 Å². The molecule has 1 aliphatic heterocycles. The molecule has 3 amide bonds. The monoisotopic (exact) mass is 391 g/mol. The van der Waals surface area contributed by atoms with Crippen molar-refractivity contribution < 1.29 is 23.9 Å². The van der Waals surface area contributed by atoms with Crippen LogP contribution in [0.1, 0.15) is 32.3 Å². The van der Waals surface area contributed by atoms with E-state index in [0.717, 1.165) is 5.56 Å². The number of hydrogen-bond donors (Lipinski definition) is 1. The molecule has 1 saturated heterocycles. The highest BCUT2D eigenvalue weighted by Crippen LogP contribution is 2.29. The summed E-state index contributed by atoms with van der Waals surface area (Å²) in [6, 6.07) is 5.46. The first-order chi connectivity index (χ1) is 13.3. The zero-order chi connectivity index (χ0) is 20.7. The highest BCUT2D eigenvalue weighted by atomic mass is 16.6. The van der Waals surface area contributed by atoms with Gasteiger partial charge in [-0.15, -0.1) is 0 Å². The second-order valence-electron chi connectivity index (χ2n) is 6.81. The van der Waals surface area contributed by atoms with Crippen LogP contribution in [0.2, 0.25) is 0 Å². The summed E-state index contributed by atoms with van der Waals surface area (Å²) in [4.78, 5) is 39.5. The maximum absolute atomic E-state index is 12.6. The van der Waals surface area contributed by atoms with Gasteiger partial charge in [0.2, 0.25) is 11.8 Å².